The molecule has 0 fully saturated rings. The fraction of sp³-hybridized carbons (Fsp3) is 0.375. The minimum atomic E-state index is 0.222. The Labute approximate surface area is 118 Å². The molecule has 2 aromatic rings. The fourth-order valence-electron chi connectivity index (χ4n) is 2.62. The number of ketones is 1. The molecule has 0 amide bonds. The van der Waals surface area contributed by atoms with Gasteiger partial charge in [-0.3, -0.25) is 9.48 Å². The second kappa shape index (κ2) is 5.12. The lowest BCUT2D eigenvalue weighted by Gasteiger charge is -2.10. The molecule has 1 heterocycles. The molecule has 0 aliphatic heterocycles. The highest BCUT2D eigenvalue weighted by molar-refractivity contribution is 6.01. The number of aryl methyl sites for hydroxylation is 2. The summed E-state index contributed by atoms with van der Waals surface area (Å²) in [6.45, 7) is 2.57. The second-order valence-electron chi connectivity index (χ2n) is 5.10. The second-order valence-corrected chi connectivity index (χ2v) is 5.10. The van der Waals surface area contributed by atoms with Crippen LogP contribution in [0.25, 0.3) is 0 Å². The van der Waals surface area contributed by atoms with Crippen molar-refractivity contribution in [3.63, 3.8) is 0 Å². The van der Waals surface area contributed by atoms with Crippen LogP contribution in [-0.2, 0) is 26.5 Å². The minimum Gasteiger partial charge on any atom is -0.487 e. The van der Waals surface area contributed by atoms with Crippen molar-refractivity contribution in [2.45, 2.75) is 32.8 Å². The van der Waals surface area contributed by atoms with E-state index in [2.05, 4.69) is 18.1 Å². The normalized spacial score (nSPS) is 13.6. The van der Waals surface area contributed by atoms with Crippen molar-refractivity contribution in [3.8, 4) is 5.75 Å². The van der Waals surface area contributed by atoms with E-state index in [0.717, 1.165) is 41.1 Å². The van der Waals surface area contributed by atoms with E-state index in [1.807, 2.05) is 29.9 Å². The summed E-state index contributed by atoms with van der Waals surface area (Å²) >= 11 is 0. The maximum absolute atomic E-state index is 11.7. The predicted octanol–water partition coefficient (Wildman–Crippen LogP) is 2.69. The molecular weight excluding hydrogens is 252 g/mol. The largest absolute Gasteiger partial charge is 0.487 e. The Morgan fingerprint density at radius 3 is 2.95 bits per heavy atom. The molecule has 0 radical (unpaired) electrons. The lowest BCUT2D eigenvalue weighted by molar-refractivity contribution is 0.0994. The van der Waals surface area contributed by atoms with Crippen molar-refractivity contribution in [2.75, 3.05) is 0 Å². The van der Waals surface area contributed by atoms with Crippen LogP contribution in [0.3, 0.4) is 0 Å². The molecule has 104 valence electrons. The zero-order valence-corrected chi connectivity index (χ0v) is 11.8. The molecule has 1 aromatic heterocycles. The number of fused-ring (bicyclic) bond motifs is 1. The molecule has 0 saturated heterocycles. The molecule has 20 heavy (non-hydrogen) atoms. The standard InChI is InChI=1S/C16H18N2O2/c1-3-11-9-12(18(2)17-11)10-20-16-6-4-5-13-14(16)7-8-15(13)19/h4-6,9H,3,7-8,10H2,1-2H3. The number of Topliss-reactive ketones (excluding diaryl/α,β-unsaturated/α-hetero) is 1. The summed E-state index contributed by atoms with van der Waals surface area (Å²) in [6, 6.07) is 7.78. The molecule has 0 spiro atoms. The highest BCUT2D eigenvalue weighted by Crippen LogP contribution is 2.30. The summed E-state index contributed by atoms with van der Waals surface area (Å²) in [4.78, 5) is 11.7. The summed E-state index contributed by atoms with van der Waals surface area (Å²) in [6.07, 6.45) is 2.31. The number of hydrogen-bond acceptors (Lipinski definition) is 3. The Kier molecular flexibility index (Phi) is 3.30. The Balaban J connectivity index is 1.79. The van der Waals surface area contributed by atoms with Gasteiger partial charge in [0.1, 0.15) is 12.4 Å². The van der Waals surface area contributed by atoms with Crippen LogP contribution in [0, 0.1) is 0 Å². The van der Waals surface area contributed by atoms with E-state index < -0.39 is 0 Å². The molecule has 1 aromatic carbocycles. The molecule has 0 bridgehead atoms. The first-order valence-electron chi connectivity index (χ1n) is 6.98. The zero-order chi connectivity index (χ0) is 14.1. The van der Waals surface area contributed by atoms with Crippen molar-refractivity contribution in [1.29, 1.82) is 0 Å². The smallest absolute Gasteiger partial charge is 0.163 e. The van der Waals surface area contributed by atoms with Gasteiger partial charge in [0.25, 0.3) is 0 Å². The topological polar surface area (TPSA) is 44.1 Å². The van der Waals surface area contributed by atoms with Crippen LogP contribution in [0.5, 0.6) is 5.75 Å². The first-order chi connectivity index (χ1) is 9.69. The lowest BCUT2D eigenvalue weighted by Crippen LogP contribution is -2.04. The molecule has 1 aliphatic rings. The van der Waals surface area contributed by atoms with E-state index in [9.17, 15) is 4.79 Å². The van der Waals surface area contributed by atoms with Crippen molar-refractivity contribution < 1.29 is 9.53 Å². The monoisotopic (exact) mass is 270 g/mol. The van der Waals surface area contributed by atoms with Gasteiger partial charge in [0.2, 0.25) is 0 Å². The molecule has 1 aliphatic carbocycles. The average Bonchev–Trinajstić information content (AvgIpc) is 3.01. The molecule has 3 rings (SSSR count). The van der Waals surface area contributed by atoms with E-state index in [1.165, 1.54) is 0 Å². The van der Waals surface area contributed by atoms with Gasteiger partial charge in [0.05, 0.1) is 11.4 Å². The highest BCUT2D eigenvalue weighted by Gasteiger charge is 2.22. The highest BCUT2D eigenvalue weighted by atomic mass is 16.5. The van der Waals surface area contributed by atoms with Crippen LogP contribution < -0.4 is 4.74 Å². The zero-order valence-electron chi connectivity index (χ0n) is 11.8. The lowest BCUT2D eigenvalue weighted by atomic mass is 10.1. The Hall–Kier alpha value is -2.10. The van der Waals surface area contributed by atoms with E-state index >= 15 is 0 Å². The van der Waals surface area contributed by atoms with Gasteiger partial charge in [0, 0.05) is 24.6 Å². The molecular formula is C16H18N2O2. The van der Waals surface area contributed by atoms with Gasteiger partial charge in [-0.2, -0.15) is 5.10 Å². The Morgan fingerprint density at radius 2 is 2.20 bits per heavy atom. The number of benzene rings is 1. The third-order valence-corrected chi connectivity index (χ3v) is 3.80. The number of ether oxygens (including phenoxy) is 1. The van der Waals surface area contributed by atoms with E-state index in [4.69, 9.17) is 4.74 Å². The molecule has 4 heteroatoms. The third kappa shape index (κ3) is 2.22. The van der Waals surface area contributed by atoms with Gasteiger partial charge >= 0.3 is 0 Å². The fourth-order valence-corrected chi connectivity index (χ4v) is 2.62. The van der Waals surface area contributed by atoms with Gasteiger partial charge in [-0.25, -0.2) is 0 Å². The average molecular weight is 270 g/mol. The number of carbonyl (C=O) groups is 1. The summed E-state index contributed by atoms with van der Waals surface area (Å²) in [5.41, 5.74) is 3.99. The van der Waals surface area contributed by atoms with E-state index in [1.54, 1.807) is 0 Å². The summed E-state index contributed by atoms with van der Waals surface area (Å²) in [5.74, 6) is 1.05. The van der Waals surface area contributed by atoms with Crippen LogP contribution in [-0.4, -0.2) is 15.6 Å². The van der Waals surface area contributed by atoms with Crippen LogP contribution in [0.2, 0.25) is 0 Å². The number of nitrogens with zero attached hydrogens (tertiary/aromatic N) is 2. The van der Waals surface area contributed by atoms with Gasteiger partial charge in [-0.1, -0.05) is 19.1 Å². The summed E-state index contributed by atoms with van der Waals surface area (Å²) in [5, 5.41) is 4.41. The maximum Gasteiger partial charge on any atom is 0.163 e. The Morgan fingerprint density at radius 1 is 1.35 bits per heavy atom. The van der Waals surface area contributed by atoms with Crippen molar-refractivity contribution >= 4 is 5.78 Å². The van der Waals surface area contributed by atoms with Gasteiger partial charge in [-0.15, -0.1) is 0 Å². The van der Waals surface area contributed by atoms with Crippen molar-refractivity contribution in [1.82, 2.24) is 9.78 Å². The van der Waals surface area contributed by atoms with Gasteiger partial charge in [0.15, 0.2) is 5.78 Å². The van der Waals surface area contributed by atoms with Crippen LogP contribution >= 0.6 is 0 Å². The maximum atomic E-state index is 11.7. The number of hydrogen-bond donors (Lipinski definition) is 0. The van der Waals surface area contributed by atoms with Gasteiger partial charge < -0.3 is 4.74 Å². The molecule has 0 unspecified atom stereocenters. The molecule has 0 N–H and O–H groups in total. The van der Waals surface area contributed by atoms with Gasteiger partial charge in [-0.05, 0) is 25.0 Å². The summed E-state index contributed by atoms with van der Waals surface area (Å²) in [7, 11) is 1.93. The first kappa shape index (κ1) is 12.9. The van der Waals surface area contributed by atoms with E-state index in [0.29, 0.717) is 13.0 Å². The molecule has 0 atom stereocenters. The van der Waals surface area contributed by atoms with Crippen LogP contribution in [0.1, 0.15) is 40.7 Å². The van der Waals surface area contributed by atoms with E-state index in [-0.39, 0.29) is 5.78 Å². The summed E-state index contributed by atoms with van der Waals surface area (Å²) < 4.78 is 7.76. The molecule has 4 nitrogen and oxygen atoms in total. The third-order valence-electron chi connectivity index (χ3n) is 3.80. The Bertz CT molecular complexity index is 658. The number of carbonyl (C=O) groups excluding carboxylic acids is 1. The number of aromatic nitrogens is 2. The van der Waals surface area contributed by atoms with Crippen molar-refractivity contribution in [2.24, 2.45) is 7.05 Å². The number of rotatable bonds is 4. The minimum absolute atomic E-state index is 0.222. The predicted molar refractivity (Wildman–Crippen MR) is 76.0 cm³/mol. The quantitative estimate of drug-likeness (QED) is 0.858. The van der Waals surface area contributed by atoms with Crippen LogP contribution in [0.4, 0.5) is 0 Å². The first-order valence-corrected chi connectivity index (χ1v) is 6.98. The van der Waals surface area contributed by atoms with Crippen LogP contribution in [0.15, 0.2) is 24.3 Å². The molecule has 0 saturated carbocycles. The SMILES string of the molecule is CCc1cc(COc2cccc3c2CCC3=O)n(C)n1. The van der Waals surface area contributed by atoms with Crippen molar-refractivity contribution in [3.05, 3.63) is 46.8 Å².